The van der Waals surface area contributed by atoms with Crippen LogP contribution in [0.2, 0.25) is 0 Å². The minimum Gasteiger partial charge on any atom is -0.508 e. The number of benzene rings is 2. The molecule has 2 rings (SSSR count). The zero-order chi connectivity index (χ0) is 15.0. The molecule has 0 radical (unpaired) electrons. The van der Waals surface area contributed by atoms with E-state index in [0.717, 1.165) is 0 Å². The number of rotatable bonds is 2. The van der Waals surface area contributed by atoms with Gasteiger partial charge in [-0.05, 0) is 41.4 Å². The van der Waals surface area contributed by atoms with Crippen molar-refractivity contribution in [3.63, 3.8) is 0 Å². The average molecular weight is 283 g/mol. The van der Waals surface area contributed by atoms with Gasteiger partial charge >= 0.3 is 0 Å². The van der Waals surface area contributed by atoms with Gasteiger partial charge in [0.15, 0.2) is 0 Å². The summed E-state index contributed by atoms with van der Waals surface area (Å²) in [5.74, 6) is -0.0388. The Morgan fingerprint density at radius 2 is 1.94 bits per heavy atom. The van der Waals surface area contributed by atoms with Gasteiger partial charge in [0.05, 0.1) is 12.6 Å². The number of aromatic hydroxyl groups is 1. The number of phenols is 1. The number of ether oxygens (including phenoxy) is 1. The van der Waals surface area contributed by atoms with E-state index < -0.39 is 0 Å². The molecule has 0 atom stereocenters. The first kappa shape index (κ1) is 6.97. The van der Waals surface area contributed by atoms with Crippen molar-refractivity contribution in [2.45, 2.75) is 0 Å². The van der Waals surface area contributed by atoms with Crippen LogP contribution >= 0.6 is 15.9 Å². The summed E-state index contributed by atoms with van der Waals surface area (Å²) >= 11 is 3.26. The van der Waals surface area contributed by atoms with E-state index in [2.05, 4.69) is 15.9 Å². The van der Waals surface area contributed by atoms with E-state index >= 15 is 0 Å². The quantitative estimate of drug-likeness (QED) is 0.907. The monoisotopic (exact) mass is 282 g/mol. The molecule has 0 fully saturated rings. The predicted molar refractivity (Wildman–Crippen MR) is 67.8 cm³/mol. The Morgan fingerprint density at radius 3 is 2.50 bits per heavy atom. The number of halogens is 1. The molecule has 0 aliphatic rings. The summed E-state index contributed by atoms with van der Waals surface area (Å²) in [6.07, 6.45) is 0. The third kappa shape index (κ3) is 2.19. The van der Waals surface area contributed by atoms with Gasteiger partial charge in [-0.15, -0.1) is 0 Å². The summed E-state index contributed by atoms with van der Waals surface area (Å²) in [7, 11) is 1.31. The van der Waals surface area contributed by atoms with Gasteiger partial charge in [-0.3, -0.25) is 0 Å². The zero-order valence-electron chi connectivity index (χ0n) is 12.5. The fourth-order valence-corrected chi connectivity index (χ4v) is 1.81. The lowest BCUT2D eigenvalue weighted by atomic mass is 10.1. The lowest BCUT2D eigenvalue weighted by Crippen LogP contribution is -1.83. The molecule has 0 saturated carbocycles. The fourth-order valence-electron chi connectivity index (χ4n) is 1.24. The van der Waals surface area contributed by atoms with E-state index in [0.29, 0.717) is 10.0 Å². The summed E-state index contributed by atoms with van der Waals surface area (Å²) in [4.78, 5) is 0. The summed E-state index contributed by atoms with van der Waals surface area (Å²) in [6.45, 7) is 0. The molecule has 0 aromatic heterocycles. The van der Waals surface area contributed by atoms with Crippen molar-refractivity contribution in [2.24, 2.45) is 0 Å². The highest BCUT2D eigenvalue weighted by Crippen LogP contribution is 2.31. The van der Waals surface area contributed by atoms with Gasteiger partial charge in [-0.25, -0.2) is 0 Å². The molecule has 0 unspecified atom stereocenters. The van der Waals surface area contributed by atoms with Crippen LogP contribution in [0.1, 0.15) is 5.48 Å². The highest BCUT2D eigenvalue weighted by molar-refractivity contribution is 9.10. The maximum Gasteiger partial charge on any atom is 0.118 e. The van der Waals surface area contributed by atoms with Crippen LogP contribution in [0.4, 0.5) is 0 Å². The Morgan fingerprint density at radius 1 is 1.25 bits per heavy atom. The molecule has 0 bridgehead atoms. The van der Waals surface area contributed by atoms with Gasteiger partial charge in [0.2, 0.25) is 0 Å². The molecule has 0 spiro atoms. The molecule has 2 aromatic carbocycles. The topological polar surface area (TPSA) is 29.5 Å². The SMILES string of the molecule is [2H]c1c([2H])c(-c2ccc(O)cc2Br)c([2H])c([2H])c1OC. The molecule has 0 aliphatic carbocycles. The fraction of sp³-hybridized carbons (Fsp3) is 0.0769. The maximum atomic E-state index is 9.40. The van der Waals surface area contributed by atoms with Crippen LogP contribution in [-0.4, -0.2) is 12.2 Å². The van der Waals surface area contributed by atoms with Crippen molar-refractivity contribution < 1.29 is 15.3 Å². The van der Waals surface area contributed by atoms with Crippen molar-refractivity contribution in [1.29, 1.82) is 0 Å². The molecule has 0 saturated heterocycles. The largest absolute Gasteiger partial charge is 0.508 e. The third-order valence-corrected chi connectivity index (χ3v) is 2.68. The van der Waals surface area contributed by atoms with Gasteiger partial charge < -0.3 is 9.84 Å². The summed E-state index contributed by atoms with van der Waals surface area (Å²) in [5, 5.41) is 9.40. The predicted octanol–water partition coefficient (Wildman–Crippen LogP) is 3.83. The van der Waals surface area contributed by atoms with E-state index in [1.165, 1.54) is 25.3 Å². The van der Waals surface area contributed by atoms with Gasteiger partial charge in [0.1, 0.15) is 11.5 Å². The van der Waals surface area contributed by atoms with Gasteiger partial charge in [0.25, 0.3) is 0 Å². The third-order valence-electron chi connectivity index (χ3n) is 2.03. The molecule has 1 N–H and O–H groups in total. The second-order valence-electron chi connectivity index (χ2n) is 3.07. The van der Waals surface area contributed by atoms with Gasteiger partial charge in [-0.2, -0.15) is 0 Å². The standard InChI is InChI=1S/C13H11BrO2/c1-16-11-5-2-9(3-6-11)12-7-4-10(15)8-13(12)14/h2-8,15H,1H3/i2D,3D,5D,6D. The Kier molecular flexibility index (Phi) is 1.99. The number of phenolic OH excluding ortho intramolecular Hbond substituents is 1. The molecule has 16 heavy (non-hydrogen) atoms. The summed E-state index contributed by atoms with van der Waals surface area (Å²) < 4.78 is 37.1. The molecule has 0 aliphatic heterocycles. The lowest BCUT2D eigenvalue weighted by Gasteiger charge is -2.06. The molecule has 0 heterocycles. The Labute approximate surface area is 108 Å². The van der Waals surface area contributed by atoms with Crippen LogP contribution in [0, 0.1) is 0 Å². The summed E-state index contributed by atoms with van der Waals surface area (Å²) in [6, 6.07) is 3.56. The first-order valence-corrected chi connectivity index (χ1v) is 5.31. The van der Waals surface area contributed by atoms with Gasteiger partial charge in [0, 0.05) is 4.47 Å². The van der Waals surface area contributed by atoms with Crippen LogP contribution in [0.15, 0.2) is 46.8 Å². The van der Waals surface area contributed by atoms with Crippen molar-refractivity contribution in [2.75, 3.05) is 7.11 Å². The van der Waals surface area contributed by atoms with E-state index in [1.807, 2.05) is 0 Å². The smallest absolute Gasteiger partial charge is 0.118 e. The summed E-state index contributed by atoms with van der Waals surface area (Å²) in [5.41, 5.74) is 0.634. The first-order chi connectivity index (χ1) is 9.38. The van der Waals surface area contributed by atoms with Gasteiger partial charge in [-0.1, -0.05) is 28.0 Å². The molecule has 2 nitrogen and oxygen atoms in total. The Hall–Kier alpha value is -1.48. The van der Waals surface area contributed by atoms with Crippen molar-refractivity contribution in [3.05, 3.63) is 46.8 Å². The molecule has 3 heteroatoms. The number of methoxy groups -OCH3 is 1. The van der Waals surface area contributed by atoms with Crippen LogP contribution in [0.25, 0.3) is 11.1 Å². The number of hydrogen-bond donors (Lipinski definition) is 1. The average Bonchev–Trinajstić information content (AvgIpc) is 2.40. The van der Waals surface area contributed by atoms with Crippen LogP contribution in [0.5, 0.6) is 11.5 Å². The van der Waals surface area contributed by atoms with Crippen molar-refractivity contribution in [3.8, 4) is 22.6 Å². The molecule has 0 amide bonds. The zero-order valence-corrected chi connectivity index (χ0v) is 10.1. The highest BCUT2D eigenvalue weighted by Gasteiger charge is 2.03. The minimum absolute atomic E-state index is 0.0457. The molecule has 2 aromatic rings. The van der Waals surface area contributed by atoms with E-state index in [-0.39, 0.29) is 41.2 Å². The Balaban J connectivity index is 2.81. The van der Waals surface area contributed by atoms with Crippen LogP contribution in [-0.2, 0) is 0 Å². The van der Waals surface area contributed by atoms with Crippen LogP contribution in [0.3, 0.4) is 0 Å². The normalized spacial score (nSPS) is 13.6. The van der Waals surface area contributed by atoms with Crippen molar-refractivity contribution in [1.82, 2.24) is 0 Å². The second kappa shape index (κ2) is 4.58. The number of hydrogen-bond acceptors (Lipinski definition) is 2. The molecular formula is C13H11BrO2. The second-order valence-corrected chi connectivity index (χ2v) is 3.93. The van der Waals surface area contributed by atoms with E-state index in [1.54, 1.807) is 0 Å². The van der Waals surface area contributed by atoms with Crippen LogP contribution < -0.4 is 4.74 Å². The minimum atomic E-state index is -0.233. The Bertz CT molecular complexity index is 660. The molecule has 82 valence electrons. The highest BCUT2D eigenvalue weighted by atomic mass is 79.9. The lowest BCUT2D eigenvalue weighted by molar-refractivity contribution is 0.415. The first-order valence-electron chi connectivity index (χ1n) is 6.51. The van der Waals surface area contributed by atoms with E-state index in [9.17, 15) is 5.11 Å². The van der Waals surface area contributed by atoms with E-state index in [4.69, 9.17) is 10.2 Å². The van der Waals surface area contributed by atoms with Crippen molar-refractivity contribution >= 4 is 15.9 Å². The maximum absolute atomic E-state index is 9.40. The molecular weight excluding hydrogens is 268 g/mol.